The Morgan fingerprint density at radius 3 is 2.83 bits per heavy atom. The Morgan fingerprint density at radius 1 is 1.61 bits per heavy atom. The fourth-order valence-corrected chi connectivity index (χ4v) is 2.59. The molecule has 0 bridgehead atoms. The number of carbonyl (C=O) groups is 1. The van der Waals surface area contributed by atoms with Crippen LogP contribution in [0.2, 0.25) is 0 Å². The van der Waals surface area contributed by atoms with Crippen LogP contribution in [-0.4, -0.2) is 38.1 Å². The average molecular weight is 293 g/mol. The first-order valence-electron chi connectivity index (χ1n) is 5.37. The molecule has 1 saturated heterocycles. The first kappa shape index (κ1) is 13.4. The van der Waals surface area contributed by atoms with Crippen molar-refractivity contribution in [3.63, 3.8) is 0 Å². The highest BCUT2D eigenvalue weighted by Gasteiger charge is 2.22. The lowest BCUT2D eigenvalue weighted by Crippen LogP contribution is -2.35. The molecular formula is C10H13ClN2O4S. The zero-order valence-corrected chi connectivity index (χ0v) is 11.3. The van der Waals surface area contributed by atoms with Gasteiger partial charge in [0.2, 0.25) is 0 Å². The van der Waals surface area contributed by atoms with Gasteiger partial charge in [-0.3, -0.25) is 4.79 Å². The summed E-state index contributed by atoms with van der Waals surface area (Å²) in [6, 6.07) is 1.23. The van der Waals surface area contributed by atoms with E-state index < -0.39 is 9.05 Å². The Morgan fingerprint density at radius 2 is 2.33 bits per heavy atom. The van der Waals surface area contributed by atoms with Gasteiger partial charge in [-0.1, -0.05) is 0 Å². The number of ether oxygens (including phenoxy) is 1. The molecule has 0 radical (unpaired) electrons. The van der Waals surface area contributed by atoms with Crippen molar-refractivity contribution in [1.29, 1.82) is 0 Å². The van der Waals surface area contributed by atoms with Crippen molar-refractivity contribution in [2.45, 2.75) is 17.4 Å². The van der Waals surface area contributed by atoms with Crippen molar-refractivity contribution < 1.29 is 17.9 Å². The predicted molar refractivity (Wildman–Crippen MR) is 65.1 cm³/mol. The van der Waals surface area contributed by atoms with Gasteiger partial charge in [0.15, 0.2) is 0 Å². The highest BCUT2D eigenvalue weighted by molar-refractivity contribution is 8.13. The summed E-state index contributed by atoms with van der Waals surface area (Å²) >= 11 is 0. The Hall–Kier alpha value is -1.05. The van der Waals surface area contributed by atoms with Crippen molar-refractivity contribution >= 4 is 25.6 Å². The topological polar surface area (TPSA) is 77.4 Å². The van der Waals surface area contributed by atoms with Crippen molar-refractivity contribution in [2.24, 2.45) is 7.05 Å². The lowest BCUT2D eigenvalue weighted by atomic mass is 10.2. The van der Waals surface area contributed by atoms with E-state index in [1.165, 1.54) is 16.8 Å². The largest absolute Gasteiger partial charge is 0.379 e. The standard InChI is InChI=1S/C10H13ClN2O4S/c1-13-5-8(18(11,15)16)4-9(13)10(14)12-7-2-3-17-6-7/h4-5,7H,2-3,6H2,1H3,(H,12,14). The van der Waals surface area contributed by atoms with Gasteiger partial charge in [0.05, 0.1) is 12.6 Å². The van der Waals surface area contributed by atoms with E-state index in [4.69, 9.17) is 15.4 Å². The number of aryl methyl sites for hydroxylation is 1. The van der Waals surface area contributed by atoms with Crippen LogP contribution in [0.1, 0.15) is 16.9 Å². The molecule has 0 spiro atoms. The summed E-state index contributed by atoms with van der Waals surface area (Å²) in [7, 11) is 3.00. The Labute approximate surface area is 109 Å². The molecule has 1 aromatic rings. The van der Waals surface area contributed by atoms with Crippen molar-refractivity contribution in [1.82, 2.24) is 9.88 Å². The summed E-state index contributed by atoms with van der Waals surface area (Å²) in [5.41, 5.74) is 0.251. The summed E-state index contributed by atoms with van der Waals surface area (Å²) in [4.78, 5) is 11.9. The summed E-state index contributed by atoms with van der Waals surface area (Å²) in [5.74, 6) is -0.334. The number of nitrogens with zero attached hydrogens (tertiary/aromatic N) is 1. The van der Waals surface area contributed by atoms with E-state index in [0.29, 0.717) is 13.2 Å². The fourth-order valence-electron chi connectivity index (χ4n) is 1.80. The Balaban J connectivity index is 2.17. The van der Waals surface area contributed by atoms with Crippen LogP contribution in [0, 0.1) is 0 Å². The summed E-state index contributed by atoms with van der Waals surface area (Å²) in [6.07, 6.45) is 2.07. The van der Waals surface area contributed by atoms with Crippen molar-refractivity contribution in [3.8, 4) is 0 Å². The number of hydrogen-bond donors (Lipinski definition) is 1. The third kappa shape index (κ3) is 2.85. The van der Waals surface area contributed by atoms with Gasteiger partial charge in [0.1, 0.15) is 10.6 Å². The number of rotatable bonds is 3. The quantitative estimate of drug-likeness (QED) is 0.822. The monoisotopic (exact) mass is 292 g/mol. The van der Waals surface area contributed by atoms with Crippen molar-refractivity contribution in [3.05, 3.63) is 18.0 Å². The lowest BCUT2D eigenvalue weighted by molar-refractivity contribution is 0.0921. The van der Waals surface area contributed by atoms with Crippen LogP contribution in [0.5, 0.6) is 0 Å². The van der Waals surface area contributed by atoms with Crippen LogP contribution in [0.15, 0.2) is 17.2 Å². The molecule has 1 aliphatic rings. The number of hydrogen-bond acceptors (Lipinski definition) is 4. The van der Waals surface area contributed by atoms with Gasteiger partial charge in [-0.2, -0.15) is 0 Å². The average Bonchev–Trinajstić information content (AvgIpc) is 2.85. The zero-order chi connectivity index (χ0) is 13.3. The highest BCUT2D eigenvalue weighted by Crippen LogP contribution is 2.18. The van der Waals surface area contributed by atoms with E-state index in [0.717, 1.165) is 6.42 Å². The second-order valence-electron chi connectivity index (χ2n) is 4.14. The molecule has 100 valence electrons. The molecule has 6 nitrogen and oxygen atoms in total. The van der Waals surface area contributed by atoms with E-state index in [1.807, 2.05) is 0 Å². The van der Waals surface area contributed by atoms with Crippen LogP contribution in [0.3, 0.4) is 0 Å². The third-order valence-electron chi connectivity index (χ3n) is 2.76. The summed E-state index contributed by atoms with van der Waals surface area (Å²) in [6.45, 7) is 1.11. The zero-order valence-electron chi connectivity index (χ0n) is 9.72. The third-order valence-corrected chi connectivity index (χ3v) is 4.08. The first-order chi connectivity index (χ1) is 8.38. The molecule has 1 atom stereocenters. The van der Waals surface area contributed by atoms with E-state index in [-0.39, 0.29) is 22.5 Å². The van der Waals surface area contributed by atoms with E-state index in [2.05, 4.69) is 5.32 Å². The first-order valence-corrected chi connectivity index (χ1v) is 7.68. The van der Waals surface area contributed by atoms with E-state index in [9.17, 15) is 13.2 Å². The van der Waals surface area contributed by atoms with Gasteiger partial charge < -0.3 is 14.6 Å². The normalized spacial score (nSPS) is 20.0. The van der Waals surface area contributed by atoms with Crippen LogP contribution in [-0.2, 0) is 20.8 Å². The van der Waals surface area contributed by atoms with Crippen LogP contribution in [0.4, 0.5) is 0 Å². The van der Waals surface area contributed by atoms with Crippen LogP contribution >= 0.6 is 10.7 Å². The number of nitrogens with one attached hydrogen (secondary N) is 1. The maximum absolute atomic E-state index is 11.9. The summed E-state index contributed by atoms with van der Waals surface area (Å²) in [5, 5.41) is 2.78. The molecule has 0 aliphatic carbocycles. The van der Waals surface area contributed by atoms with Gasteiger partial charge in [-0.15, -0.1) is 0 Å². The molecule has 1 N–H and O–H groups in total. The molecule has 18 heavy (non-hydrogen) atoms. The predicted octanol–water partition coefficient (Wildman–Crippen LogP) is 0.471. The molecule has 1 aromatic heterocycles. The molecule has 0 aromatic carbocycles. The number of halogens is 1. The van der Waals surface area contributed by atoms with Crippen molar-refractivity contribution in [2.75, 3.05) is 13.2 Å². The Kier molecular flexibility index (Phi) is 3.65. The number of amides is 1. The van der Waals surface area contributed by atoms with Gasteiger partial charge in [0.25, 0.3) is 15.0 Å². The van der Waals surface area contributed by atoms with Gasteiger partial charge in [-0.25, -0.2) is 8.42 Å². The lowest BCUT2D eigenvalue weighted by Gasteiger charge is -2.10. The minimum Gasteiger partial charge on any atom is -0.379 e. The second kappa shape index (κ2) is 4.91. The second-order valence-corrected chi connectivity index (χ2v) is 6.71. The minimum absolute atomic E-state index is 0.0246. The van der Waals surface area contributed by atoms with E-state index >= 15 is 0 Å². The summed E-state index contributed by atoms with van der Waals surface area (Å²) < 4.78 is 28.9. The molecular weight excluding hydrogens is 280 g/mol. The number of aromatic nitrogens is 1. The van der Waals surface area contributed by atoms with Gasteiger partial charge in [-0.05, 0) is 12.5 Å². The molecule has 8 heteroatoms. The maximum Gasteiger partial charge on any atom is 0.268 e. The number of carbonyl (C=O) groups excluding carboxylic acids is 1. The van der Waals surface area contributed by atoms with Crippen LogP contribution < -0.4 is 5.32 Å². The molecule has 0 saturated carbocycles. The molecule has 1 aliphatic heterocycles. The molecule has 2 heterocycles. The maximum atomic E-state index is 11.9. The fraction of sp³-hybridized carbons (Fsp3) is 0.500. The molecule has 2 rings (SSSR count). The minimum atomic E-state index is -3.82. The molecule has 1 amide bonds. The molecule has 1 fully saturated rings. The van der Waals surface area contributed by atoms with Gasteiger partial charge in [0, 0.05) is 30.5 Å². The molecule has 1 unspecified atom stereocenters. The smallest absolute Gasteiger partial charge is 0.268 e. The van der Waals surface area contributed by atoms with Gasteiger partial charge >= 0.3 is 0 Å². The highest BCUT2D eigenvalue weighted by atomic mass is 35.7. The van der Waals surface area contributed by atoms with E-state index in [1.54, 1.807) is 7.05 Å². The Bertz CT molecular complexity index is 560. The van der Waals surface area contributed by atoms with Crippen LogP contribution in [0.25, 0.3) is 0 Å². The SMILES string of the molecule is Cn1cc(S(=O)(=O)Cl)cc1C(=O)NC1CCOC1.